The molecule has 1 rings (SSSR count). The Morgan fingerprint density at radius 1 is 1.47 bits per heavy atom. The number of nitrogens with one attached hydrogen (secondary N) is 1. The highest BCUT2D eigenvalue weighted by Gasteiger charge is 2.14. The van der Waals surface area contributed by atoms with Crippen LogP contribution in [0.25, 0.3) is 0 Å². The average molecular weight is 240 g/mol. The van der Waals surface area contributed by atoms with E-state index in [1.54, 1.807) is 0 Å². The lowest BCUT2D eigenvalue weighted by molar-refractivity contribution is -0.385. The molecule has 0 radical (unpaired) electrons. The number of benzene rings is 1. The summed E-state index contributed by atoms with van der Waals surface area (Å²) in [5.74, 6) is -1.06. The van der Waals surface area contributed by atoms with E-state index in [1.807, 2.05) is 13.8 Å². The van der Waals surface area contributed by atoms with E-state index < -0.39 is 22.3 Å². The molecule has 0 atom stereocenters. The second-order valence-electron chi connectivity index (χ2n) is 4.06. The Morgan fingerprint density at radius 3 is 2.65 bits per heavy atom. The SMILES string of the molecule is CC(C)CNC(=O)c1cc(F)cc([N+](=O)[O-])c1. The molecular weight excluding hydrogens is 227 g/mol. The van der Waals surface area contributed by atoms with Crippen LogP contribution in [-0.4, -0.2) is 17.4 Å². The van der Waals surface area contributed by atoms with Crippen LogP contribution in [0.2, 0.25) is 0 Å². The third kappa shape index (κ3) is 3.82. The number of halogens is 1. The molecule has 0 aliphatic carbocycles. The zero-order valence-corrected chi connectivity index (χ0v) is 9.57. The van der Waals surface area contributed by atoms with Gasteiger partial charge in [-0.25, -0.2) is 4.39 Å². The number of rotatable bonds is 4. The maximum absolute atomic E-state index is 13.1. The molecule has 5 nitrogen and oxygen atoms in total. The minimum absolute atomic E-state index is 0.0441. The predicted molar refractivity (Wildman–Crippen MR) is 60.2 cm³/mol. The third-order valence-electron chi connectivity index (χ3n) is 2.03. The van der Waals surface area contributed by atoms with E-state index in [1.165, 1.54) is 0 Å². The van der Waals surface area contributed by atoms with Crippen molar-refractivity contribution >= 4 is 11.6 Å². The summed E-state index contributed by atoms with van der Waals surface area (Å²) in [4.78, 5) is 21.3. The first-order chi connectivity index (χ1) is 7.90. The van der Waals surface area contributed by atoms with Crippen molar-refractivity contribution in [2.75, 3.05) is 6.54 Å². The van der Waals surface area contributed by atoms with Gasteiger partial charge >= 0.3 is 0 Å². The molecule has 0 aromatic heterocycles. The number of nitrogens with zero attached hydrogens (tertiary/aromatic N) is 1. The fraction of sp³-hybridized carbons (Fsp3) is 0.364. The van der Waals surface area contributed by atoms with E-state index in [0.29, 0.717) is 6.54 Å². The maximum atomic E-state index is 13.1. The number of non-ortho nitro benzene ring substituents is 1. The van der Waals surface area contributed by atoms with Crippen molar-refractivity contribution in [3.05, 3.63) is 39.7 Å². The molecule has 1 amide bonds. The first-order valence-corrected chi connectivity index (χ1v) is 5.13. The summed E-state index contributed by atoms with van der Waals surface area (Å²) in [6.45, 7) is 4.26. The Balaban J connectivity index is 2.90. The number of hydrogen-bond acceptors (Lipinski definition) is 3. The minimum Gasteiger partial charge on any atom is -0.352 e. The monoisotopic (exact) mass is 240 g/mol. The van der Waals surface area contributed by atoms with Crippen LogP contribution in [0.1, 0.15) is 24.2 Å². The molecule has 1 N–H and O–H groups in total. The second-order valence-corrected chi connectivity index (χ2v) is 4.06. The highest BCUT2D eigenvalue weighted by atomic mass is 19.1. The fourth-order valence-electron chi connectivity index (χ4n) is 1.21. The van der Waals surface area contributed by atoms with Gasteiger partial charge in [0.2, 0.25) is 0 Å². The molecule has 1 aromatic rings. The van der Waals surface area contributed by atoms with Crippen molar-refractivity contribution in [2.24, 2.45) is 5.92 Å². The molecular formula is C11H13FN2O3. The van der Waals surface area contributed by atoms with Crippen LogP contribution < -0.4 is 5.32 Å². The Labute approximate surface area is 97.8 Å². The van der Waals surface area contributed by atoms with Crippen LogP contribution >= 0.6 is 0 Å². The summed E-state index contributed by atoms with van der Waals surface area (Å²) in [7, 11) is 0. The highest BCUT2D eigenvalue weighted by Crippen LogP contribution is 2.16. The van der Waals surface area contributed by atoms with E-state index in [2.05, 4.69) is 5.32 Å². The van der Waals surface area contributed by atoms with E-state index in [9.17, 15) is 19.3 Å². The van der Waals surface area contributed by atoms with Gasteiger partial charge in [-0.05, 0) is 12.0 Å². The number of amides is 1. The lowest BCUT2D eigenvalue weighted by Gasteiger charge is -2.07. The van der Waals surface area contributed by atoms with Gasteiger partial charge in [-0.2, -0.15) is 0 Å². The number of carbonyl (C=O) groups excluding carboxylic acids is 1. The lowest BCUT2D eigenvalue weighted by Crippen LogP contribution is -2.27. The van der Waals surface area contributed by atoms with Crippen molar-refractivity contribution < 1.29 is 14.1 Å². The van der Waals surface area contributed by atoms with Crippen molar-refractivity contribution in [3.8, 4) is 0 Å². The first-order valence-electron chi connectivity index (χ1n) is 5.13. The molecule has 0 heterocycles. The van der Waals surface area contributed by atoms with Crippen LogP contribution in [-0.2, 0) is 0 Å². The normalized spacial score (nSPS) is 10.4. The van der Waals surface area contributed by atoms with E-state index >= 15 is 0 Å². The Kier molecular flexibility index (Phi) is 4.14. The molecule has 0 saturated carbocycles. The third-order valence-corrected chi connectivity index (χ3v) is 2.03. The second kappa shape index (κ2) is 5.38. The van der Waals surface area contributed by atoms with Gasteiger partial charge in [-0.1, -0.05) is 13.8 Å². The Hall–Kier alpha value is -1.98. The quantitative estimate of drug-likeness (QED) is 0.647. The van der Waals surface area contributed by atoms with Crippen molar-refractivity contribution in [3.63, 3.8) is 0 Å². The molecule has 0 saturated heterocycles. The zero-order chi connectivity index (χ0) is 13.0. The average Bonchev–Trinajstić information content (AvgIpc) is 2.24. The largest absolute Gasteiger partial charge is 0.352 e. The summed E-state index contributed by atoms with van der Waals surface area (Å²) >= 11 is 0. The predicted octanol–water partition coefficient (Wildman–Crippen LogP) is 2.12. The molecule has 0 spiro atoms. The topological polar surface area (TPSA) is 72.2 Å². The summed E-state index contributed by atoms with van der Waals surface area (Å²) in [6.07, 6.45) is 0. The minimum atomic E-state index is -0.797. The summed E-state index contributed by atoms with van der Waals surface area (Å²) in [5, 5.41) is 13.1. The molecule has 1 aromatic carbocycles. The molecule has 0 fully saturated rings. The summed E-state index contributed by atoms with van der Waals surface area (Å²) in [5.41, 5.74) is -0.475. The zero-order valence-electron chi connectivity index (χ0n) is 9.57. The van der Waals surface area contributed by atoms with Crippen LogP contribution in [0.4, 0.5) is 10.1 Å². The first kappa shape index (κ1) is 13.1. The van der Waals surface area contributed by atoms with Crippen molar-refractivity contribution in [1.29, 1.82) is 0 Å². The maximum Gasteiger partial charge on any atom is 0.273 e. The van der Waals surface area contributed by atoms with Gasteiger partial charge in [-0.3, -0.25) is 14.9 Å². The van der Waals surface area contributed by atoms with Crippen molar-refractivity contribution in [1.82, 2.24) is 5.32 Å². The fourth-order valence-corrected chi connectivity index (χ4v) is 1.21. The standard InChI is InChI=1S/C11H13FN2O3/c1-7(2)6-13-11(15)8-3-9(12)5-10(4-8)14(16)17/h3-5,7H,6H2,1-2H3,(H,13,15). The molecule has 0 bridgehead atoms. The van der Waals surface area contributed by atoms with Gasteiger partial charge in [0.15, 0.2) is 0 Å². The molecule has 0 aliphatic rings. The number of nitro benzene ring substituents is 1. The van der Waals surface area contributed by atoms with Gasteiger partial charge in [0.1, 0.15) is 5.82 Å². The van der Waals surface area contributed by atoms with Gasteiger partial charge in [-0.15, -0.1) is 0 Å². The molecule has 92 valence electrons. The Bertz CT molecular complexity index is 446. The Morgan fingerprint density at radius 2 is 2.12 bits per heavy atom. The van der Waals surface area contributed by atoms with Gasteiger partial charge in [0.05, 0.1) is 11.0 Å². The number of hydrogen-bond donors (Lipinski definition) is 1. The van der Waals surface area contributed by atoms with E-state index in [0.717, 1.165) is 18.2 Å². The van der Waals surface area contributed by atoms with Crippen LogP contribution in [0, 0.1) is 21.8 Å². The van der Waals surface area contributed by atoms with Crippen molar-refractivity contribution in [2.45, 2.75) is 13.8 Å². The van der Waals surface area contributed by atoms with E-state index in [-0.39, 0.29) is 11.5 Å². The lowest BCUT2D eigenvalue weighted by atomic mass is 10.1. The molecule has 17 heavy (non-hydrogen) atoms. The van der Waals surface area contributed by atoms with E-state index in [4.69, 9.17) is 0 Å². The van der Waals surface area contributed by atoms with Gasteiger partial charge in [0, 0.05) is 18.2 Å². The summed E-state index contributed by atoms with van der Waals surface area (Å²) < 4.78 is 13.1. The van der Waals surface area contributed by atoms with Crippen LogP contribution in [0.3, 0.4) is 0 Å². The molecule has 0 aliphatic heterocycles. The van der Waals surface area contributed by atoms with Gasteiger partial charge < -0.3 is 5.32 Å². The summed E-state index contributed by atoms with van der Waals surface area (Å²) in [6, 6.07) is 2.81. The van der Waals surface area contributed by atoms with Crippen LogP contribution in [0.5, 0.6) is 0 Å². The number of carbonyl (C=O) groups is 1. The molecule has 0 unspecified atom stereocenters. The smallest absolute Gasteiger partial charge is 0.273 e. The van der Waals surface area contributed by atoms with Crippen LogP contribution in [0.15, 0.2) is 18.2 Å². The highest BCUT2D eigenvalue weighted by molar-refractivity contribution is 5.94. The molecule has 6 heteroatoms. The van der Waals surface area contributed by atoms with Gasteiger partial charge in [0.25, 0.3) is 11.6 Å². The number of nitro groups is 1.